The van der Waals surface area contributed by atoms with Crippen LogP contribution in [0.2, 0.25) is 0 Å². The Morgan fingerprint density at radius 3 is 1.40 bits per heavy atom. The molecule has 2 aromatic carbocycles. The molecule has 0 saturated heterocycles. The van der Waals surface area contributed by atoms with Crippen molar-refractivity contribution < 1.29 is 17.1 Å². The van der Waals surface area contributed by atoms with E-state index in [1.165, 1.54) is 21.2 Å². The molecule has 0 radical (unpaired) electrons. The third kappa shape index (κ3) is 3.60. The van der Waals surface area contributed by atoms with Crippen molar-refractivity contribution in [1.82, 2.24) is 0 Å². The number of rotatable bonds is 4. The van der Waals surface area contributed by atoms with Crippen LogP contribution in [0.15, 0.2) is 60.7 Å². The number of benzene rings is 2. The molecule has 0 aromatic heterocycles. The second kappa shape index (κ2) is 5.83. The van der Waals surface area contributed by atoms with E-state index in [4.69, 9.17) is 0 Å². The minimum absolute atomic E-state index is 0.411. The van der Waals surface area contributed by atoms with E-state index >= 15 is 0 Å². The maximum absolute atomic E-state index is 2.25. The average molecular weight is 248 g/mol. The monoisotopic (exact) mass is 246 g/mol. The SMILES string of the molecule is c1ccc([CH2][Zn][CH2]c2ccccc2)cc1. The molecular formula is C14H14Zn. The van der Waals surface area contributed by atoms with Crippen LogP contribution in [-0.2, 0) is 27.2 Å². The Bertz CT molecular complexity index is 341. The Labute approximate surface area is 98.9 Å². The number of hydrogen-bond acceptors (Lipinski definition) is 0. The summed E-state index contributed by atoms with van der Waals surface area (Å²) in [6.45, 7) is 0. The van der Waals surface area contributed by atoms with Gasteiger partial charge in [-0.15, -0.1) is 0 Å². The molecule has 0 aliphatic heterocycles. The Kier molecular flexibility index (Phi) is 4.11. The molecule has 0 aliphatic rings. The molecule has 15 heavy (non-hydrogen) atoms. The maximum atomic E-state index is 2.25. The molecule has 0 nitrogen and oxygen atoms in total. The van der Waals surface area contributed by atoms with Gasteiger partial charge in [0, 0.05) is 0 Å². The first-order valence-corrected chi connectivity index (χ1v) is 9.72. The molecule has 72 valence electrons. The predicted molar refractivity (Wildman–Crippen MR) is 60.3 cm³/mol. The van der Waals surface area contributed by atoms with E-state index in [1.54, 1.807) is 0 Å². The van der Waals surface area contributed by atoms with E-state index in [0.29, 0.717) is 0 Å². The Hall–Kier alpha value is -0.937. The summed E-state index contributed by atoms with van der Waals surface area (Å²) >= 11 is -0.411. The van der Waals surface area contributed by atoms with Gasteiger partial charge in [0.2, 0.25) is 0 Å². The van der Waals surface area contributed by atoms with Crippen LogP contribution < -0.4 is 0 Å². The number of hydrogen-bond donors (Lipinski definition) is 0. The summed E-state index contributed by atoms with van der Waals surface area (Å²) in [5.41, 5.74) is 3.04. The molecule has 2 rings (SSSR count). The molecule has 0 atom stereocenters. The van der Waals surface area contributed by atoms with Crippen LogP contribution in [0, 0.1) is 0 Å². The summed E-state index contributed by atoms with van der Waals surface area (Å²) in [4.78, 5) is 0. The molecule has 0 heterocycles. The van der Waals surface area contributed by atoms with E-state index in [9.17, 15) is 0 Å². The van der Waals surface area contributed by atoms with E-state index in [-0.39, 0.29) is 0 Å². The van der Waals surface area contributed by atoms with Gasteiger partial charge in [-0.3, -0.25) is 0 Å². The van der Waals surface area contributed by atoms with Crippen LogP contribution in [0.4, 0.5) is 0 Å². The van der Waals surface area contributed by atoms with Crippen molar-refractivity contribution in [3.63, 3.8) is 0 Å². The van der Waals surface area contributed by atoms with E-state index in [1.807, 2.05) is 0 Å². The van der Waals surface area contributed by atoms with E-state index in [0.717, 1.165) is 0 Å². The van der Waals surface area contributed by atoms with E-state index in [2.05, 4.69) is 60.7 Å². The fraction of sp³-hybridized carbons (Fsp3) is 0.143. The van der Waals surface area contributed by atoms with Crippen LogP contribution in [0.25, 0.3) is 0 Å². The molecule has 0 saturated carbocycles. The zero-order chi connectivity index (χ0) is 10.3. The van der Waals surface area contributed by atoms with Crippen LogP contribution >= 0.6 is 0 Å². The Morgan fingerprint density at radius 1 is 0.600 bits per heavy atom. The Balaban J connectivity index is 1.81. The first-order chi connectivity index (χ1) is 7.45. The van der Waals surface area contributed by atoms with Crippen molar-refractivity contribution in [2.75, 3.05) is 0 Å². The third-order valence-corrected chi connectivity index (χ3v) is 6.52. The summed E-state index contributed by atoms with van der Waals surface area (Å²) in [7, 11) is 0. The zero-order valence-corrected chi connectivity index (χ0v) is 11.9. The van der Waals surface area contributed by atoms with Crippen LogP contribution in [0.1, 0.15) is 11.1 Å². The van der Waals surface area contributed by atoms with Gasteiger partial charge in [-0.05, 0) is 0 Å². The van der Waals surface area contributed by atoms with Gasteiger partial charge in [0.25, 0.3) is 0 Å². The molecule has 0 spiro atoms. The summed E-state index contributed by atoms with van der Waals surface area (Å²) in [5.74, 6) is 0. The molecule has 0 fully saturated rings. The van der Waals surface area contributed by atoms with Gasteiger partial charge in [0.1, 0.15) is 0 Å². The van der Waals surface area contributed by atoms with Gasteiger partial charge in [-0.1, -0.05) is 0 Å². The van der Waals surface area contributed by atoms with Gasteiger partial charge in [0.05, 0.1) is 0 Å². The van der Waals surface area contributed by atoms with Crippen LogP contribution in [-0.4, -0.2) is 0 Å². The molecule has 2 aromatic rings. The zero-order valence-electron chi connectivity index (χ0n) is 8.89. The second-order valence-electron chi connectivity index (χ2n) is 3.82. The van der Waals surface area contributed by atoms with Gasteiger partial charge in [-0.25, -0.2) is 0 Å². The van der Waals surface area contributed by atoms with E-state index < -0.39 is 17.1 Å². The van der Waals surface area contributed by atoms with Gasteiger partial charge < -0.3 is 0 Å². The fourth-order valence-corrected chi connectivity index (χ4v) is 5.27. The third-order valence-electron chi connectivity index (χ3n) is 2.62. The van der Waals surface area contributed by atoms with Crippen molar-refractivity contribution in [3.05, 3.63) is 71.8 Å². The van der Waals surface area contributed by atoms with Crippen molar-refractivity contribution in [2.24, 2.45) is 0 Å². The van der Waals surface area contributed by atoms with Crippen molar-refractivity contribution in [1.29, 1.82) is 0 Å². The van der Waals surface area contributed by atoms with Crippen LogP contribution in [0.3, 0.4) is 0 Å². The standard InChI is InChI=1S/2C7H7.Zn/c2*1-7-5-3-2-4-6-7;/h2*2-6H,1H2;. The quantitative estimate of drug-likeness (QED) is 0.726. The first-order valence-electron chi connectivity index (χ1n) is 5.53. The van der Waals surface area contributed by atoms with Gasteiger partial charge >= 0.3 is 98.9 Å². The Morgan fingerprint density at radius 2 is 1.00 bits per heavy atom. The predicted octanol–water partition coefficient (Wildman–Crippen LogP) is 3.47. The summed E-state index contributed by atoms with van der Waals surface area (Å²) in [5, 5.41) is 2.73. The normalized spacial score (nSPS) is 9.60. The molecular weight excluding hydrogens is 234 g/mol. The summed E-state index contributed by atoms with van der Waals surface area (Å²) in [6, 6.07) is 21.7. The van der Waals surface area contributed by atoms with Gasteiger partial charge in [0.15, 0.2) is 0 Å². The van der Waals surface area contributed by atoms with Crippen LogP contribution in [0.5, 0.6) is 0 Å². The molecule has 1 heteroatoms. The summed E-state index contributed by atoms with van der Waals surface area (Å²) < 4.78 is 0. The molecule has 0 bridgehead atoms. The molecule has 0 amide bonds. The van der Waals surface area contributed by atoms with Gasteiger partial charge in [-0.2, -0.15) is 0 Å². The van der Waals surface area contributed by atoms with Crippen molar-refractivity contribution in [2.45, 2.75) is 10.0 Å². The molecule has 0 N–H and O–H groups in total. The fourth-order valence-electron chi connectivity index (χ4n) is 1.79. The second-order valence-corrected chi connectivity index (χ2v) is 7.41. The topological polar surface area (TPSA) is 0 Å². The average Bonchev–Trinajstić information content (AvgIpc) is 2.32. The summed E-state index contributed by atoms with van der Waals surface area (Å²) in [6.07, 6.45) is 0. The first kappa shape index (κ1) is 10.6. The minimum atomic E-state index is -0.411. The molecule has 0 unspecified atom stereocenters. The molecule has 0 aliphatic carbocycles. The van der Waals surface area contributed by atoms with Crippen molar-refractivity contribution in [3.8, 4) is 0 Å². The van der Waals surface area contributed by atoms with Crippen molar-refractivity contribution >= 4 is 0 Å².